The van der Waals surface area contributed by atoms with Crippen LogP contribution in [0.5, 0.6) is 0 Å². The van der Waals surface area contributed by atoms with Gasteiger partial charge in [-0.2, -0.15) is 0 Å². The molecule has 144 valence electrons. The van der Waals surface area contributed by atoms with Crippen molar-refractivity contribution >= 4 is 11.6 Å². The van der Waals surface area contributed by atoms with Gasteiger partial charge in [0.25, 0.3) is 0 Å². The van der Waals surface area contributed by atoms with Crippen molar-refractivity contribution < 1.29 is 4.74 Å². The van der Waals surface area contributed by atoms with E-state index in [2.05, 4.69) is 46.1 Å². The molecule has 0 N–H and O–H groups in total. The van der Waals surface area contributed by atoms with Gasteiger partial charge in [0.15, 0.2) is 0 Å². The van der Waals surface area contributed by atoms with Gasteiger partial charge in [0, 0.05) is 29.9 Å². The summed E-state index contributed by atoms with van der Waals surface area (Å²) in [4.78, 5) is 4.23. The van der Waals surface area contributed by atoms with E-state index in [0.29, 0.717) is 18.4 Å². The maximum absolute atomic E-state index is 6.59. The number of halogens is 1. The van der Waals surface area contributed by atoms with Crippen molar-refractivity contribution in [1.29, 1.82) is 0 Å². The van der Waals surface area contributed by atoms with Crippen molar-refractivity contribution in [2.75, 3.05) is 0 Å². The summed E-state index contributed by atoms with van der Waals surface area (Å²) in [6, 6.07) is 14.8. The molecule has 5 rings (SSSR count). The molecule has 1 heterocycles. The molecule has 1 aromatic heterocycles. The van der Waals surface area contributed by atoms with E-state index in [-0.39, 0.29) is 6.10 Å². The molecule has 3 atom stereocenters. The average Bonchev–Trinajstić information content (AvgIpc) is 3.22. The molecule has 4 heteroatoms. The molecule has 0 aliphatic heterocycles. The fraction of sp³-hybridized carbons (Fsp3) is 0.375. The van der Waals surface area contributed by atoms with E-state index in [1.807, 2.05) is 24.7 Å². The van der Waals surface area contributed by atoms with Gasteiger partial charge in [0.05, 0.1) is 19.0 Å². The number of rotatable bonds is 5. The Bertz CT molecular complexity index is 936. The smallest absolute Gasteiger partial charge is 0.0946 e. The number of imidazole rings is 1. The SMILES string of the molecule is Clc1ccc(COC2c3cccc4c3C(CCC4)CC2Cn2ccnc2)cc1. The fourth-order valence-electron chi connectivity index (χ4n) is 5.09. The standard InChI is InChI=1S/C24H25ClN2O/c25-21-9-7-17(8-10-21)15-28-24-20(14-27-12-11-26-16-27)13-19-5-1-3-18-4-2-6-22(24)23(18)19/h2,4,6-12,16,19-20,24H,1,3,5,13-15H2. The summed E-state index contributed by atoms with van der Waals surface area (Å²) >= 11 is 6.04. The first kappa shape index (κ1) is 18.0. The van der Waals surface area contributed by atoms with E-state index in [9.17, 15) is 0 Å². The molecule has 0 saturated carbocycles. The summed E-state index contributed by atoms with van der Waals surface area (Å²) in [5, 5.41) is 0.763. The Labute approximate surface area is 171 Å². The highest BCUT2D eigenvalue weighted by molar-refractivity contribution is 6.30. The average molecular weight is 393 g/mol. The van der Waals surface area contributed by atoms with Crippen LogP contribution in [0.2, 0.25) is 5.02 Å². The van der Waals surface area contributed by atoms with Crippen LogP contribution in [0.1, 0.15) is 53.5 Å². The number of aryl methyl sites for hydroxylation is 1. The molecular weight excluding hydrogens is 368 g/mol. The van der Waals surface area contributed by atoms with Crippen LogP contribution < -0.4 is 0 Å². The zero-order chi connectivity index (χ0) is 18.9. The first-order chi connectivity index (χ1) is 13.8. The Morgan fingerprint density at radius 3 is 2.86 bits per heavy atom. The first-order valence-electron chi connectivity index (χ1n) is 10.2. The Hall–Kier alpha value is -2.10. The molecule has 2 aromatic carbocycles. The zero-order valence-corrected chi connectivity index (χ0v) is 16.7. The first-order valence-corrected chi connectivity index (χ1v) is 10.6. The van der Waals surface area contributed by atoms with Crippen LogP contribution in [0.3, 0.4) is 0 Å². The Morgan fingerprint density at radius 2 is 2.04 bits per heavy atom. The van der Waals surface area contributed by atoms with E-state index in [1.54, 1.807) is 5.56 Å². The molecule has 0 saturated heterocycles. The lowest BCUT2D eigenvalue weighted by Gasteiger charge is -2.41. The van der Waals surface area contributed by atoms with E-state index >= 15 is 0 Å². The number of aromatic nitrogens is 2. The third-order valence-electron chi connectivity index (χ3n) is 6.31. The van der Waals surface area contributed by atoms with Crippen molar-refractivity contribution in [2.24, 2.45) is 5.92 Å². The maximum atomic E-state index is 6.59. The molecule has 3 unspecified atom stereocenters. The van der Waals surface area contributed by atoms with E-state index in [0.717, 1.165) is 17.1 Å². The predicted octanol–water partition coefficient (Wildman–Crippen LogP) is 5.93. The lowest BCUT2D eigenvalue weighted by Crippen LogP contribution is -2.31. The monoisotopic (exact) mass is 392 g/mol. The van der Waals surface area contributed by atoms with E-state index < -0.39 is 0 Å². The minimum atomic E-state index is 0.113. The molecule has 0 spiro atoms. The number of benzene rings is 2. The van der Waals surface area contributed by atoms with Crippen LogP contribution >= 0.6 is 11.6 Å². The highest BCUT2D eigenvalue weighted by Crippen LogP contribution is 2.49. The molecule has 0 fully saturated rings. The third-order valence-corrected chi connectivity index (χ3v) is 6.56. The molecule has 0 amide bonds. The summed E-state index contributed by atoms with van der Waals surface area (Å²) in [7, 11) is 0. The lowest BCUT2D eigenvalue weighted by molar-refractivity contribution is -0.0193. The van der Waals surface area contributed by atoms with Gasteiger partial charge in [-0.25, -0.2) is 4.98 Å². The summed E-state index contributed by atoms with van der Waals surface area (Å²) in [6.45, 7) is 1.56. The van der Waals surface area contributed by atoms with Gasteiger partial charge >= 0.3 is 0 Å². The fourth-order valence-corrected chi connectivity index (χ4v) is 5.21. The van der Waals surface area contributed by atoms with Crippen LogP contribution in [0.25, 0.3) is 0 Å². The quantitative estimate of drug-likeness (QED) is 0.537. The van der Waals surface area contributed by atoms with Crippen molar-refractivity contribution in [3.8, 4) is 0 Å². The van der Waals surface area contributed by atoms with Crippen molar-refractivity contribution in [2.45, 2.75) is 50.9 Å². The predicted molar refractivity (Wildman–Crippen MR) is 111 cm³/mol. The van der Waals surface area contributed by atoms with E-state index in [1.165, 1.54) is 36.8 Å². The second-order valence-electron chi connectivity index (χ2n) is 8.12. The molecule has 3 aromatic rings. The molecule has 2 aliphatic carbocycles. The minimum Gasteiger partial charge on any atom is -0.368 e. The zero-order valence-electron chi connectivity index (χ0n) is 15.9. The largest absolute Gasteiger partial charge is 0.368 e. The van der Waals surface area contributed by atoms with Gasteiger partial charge in [0.2, 0.25) is 0 Å². The summed E-state index contributed by atoms with van der Waals surface area (Å²) in [6.07, 6.45) is 10.9. The topological polar surface area (TPSA) is 27.1 Å². The van der Waals surface area contributed by atoms with Crippen LogP contribution in [0, 0.1) is 5.92 Å². The van der Waals surface area contributed by atoms with Crippen LogP contribution in [-0.4, -0.2) is 9.55 Å². The molecule has 28 heavy (non-hydrogen) atoms. The molecular formula is C24H25ClN2O. The Morgan fingerprint density at radius 1 is 1.14 bits per heavy atom. The highest BCUT2D eigenvalue weighted by atomic mass is 35.5. The number of hydrogen-bond acceptors (Lipinski definition) is 2. The van der Waals surface area contributed by atoms with Gasteiger partial charge in [-0.05, 0) is 66.0 Å². The van der Waals surface area contributed by atoms with Gasteiger partial charge < -0.3 is 9.30 Å². The van der Waals surface area contributed by atoms with Crippen LogP contribution in [0.4, 0.5) is 0 Å². The number of hydrogen-bond donors (Lipinski definition) is 0. The lowest BCUT2D eigenvalue weighted by atomic mass is 9.68. The Balaban J connectivity index is 1.46. The number of nitrogens with zero attached hydrogens (tertiary/aromatic N) is 2. The third kappa shape index (κ3) is 3.49. The summed E-state index contributed by atoms with van der Waals surface area (Å²) < 4.78 is 8.79. The Kier molecular flexibility index (Phi) is 4.96. The van der Waals surface area contributed by atoms with Crippen LogP contribution in [-0.2, 0) is 24.3 Å². The summed E-state index contributed by atoms with van der Waals surface area (Å²) in [5.41, 5.74) is 5.69. The second kappa shape index (κ2) is 7.73. The molecule has 0 radical (unpaired) electrons. The van der Waals surface area contributed by atoms with E-state index in [4.69, 9.17) is 16.3 Å². The van der Waals surface area contributed by atoms with Crippen LogP contribution in [0.15, 0.2) is 61.2 Å². The molecule has 2 aliphatic rings. The van der Waals surface area contributed by atoms with Crippen molar-refractivity contribution in [3.05, 3.63) is 88.5 Å². The minimum absolute atomic E-state index is 0.113. The van der Waals surface area contributed by atoms with Gasteiger partial charge in [-0.15, -0.1) is 0 Å². The number of ether oxygens (including phenoxy) is 1. The van der Waals surface area contributed by atoms with Crippen molar-refractivity contribution in [1.82, 2.24) is 9.55 Å². The van der Waals surface area contributed by atoms with Crippen molar-refractivity contribution in [3.63, 3.8) is 0 Å². The van der Waals surface area contributed by atoms with Gasteiger partial charge in [-0.3, -0.25) is 0 Å². The maximum Gasteiger partial charge on any atom is 0.0946 e. The highest BCUT2D eigenvalue weighted by Gasteiger charge is 2.38. The summed E-state index contributed by atoms with van der Waals surface area (Å²) in [5.74, 6) is 1.12. The van der Waals surface area contributed by atoms with Gasteiger partial charge in [0.1, 0.15) is 0 Å². The molecule has 3 nitrogen and oxygen atoms in total. The normalized spacial score (nSPS) is 23.4. The van der Waals surface area contributed by atoms with Gasteiger partial charge in [-0.1, -0.05) is 41.9 Å². The molecule has 0 bridgehead atoms. The second-order valence-corrected chi connectivity index (χ2v) is 8.56.